The Balaban J connectivity index is 2.68. The molecule has 0 aliphatic carbocycles. The maximum atomic E-state index is 13.9. The number of aromatic nitrogens is 1. The van der Waals surface area contributed by atoms with Gasteiger partial charge in [0.15, 0.2) is 5.78 Å². The Hall–Kier alpha value is -1.26. The van der Waals surface area contributed by atoms with Gasteiger partial charge in [-0.2, -0.15) is 0 Å². The van der Waals surface area contributed by atoms with E-state index in [9.17, 15) is 9.18 Å². The van der Waals surface area contributed by atoms with Gasteiger partial charge >= 0.3 is 0 Å². The zero-order valence-electron chi connectivity index (χ0n) is 10.1. The summed E-state index contributed by atoms with van der Waals surface area (Å²) in [5.74, 6) is -0.555. The number of nitrogens with zero attached hydrogens (tertiary/aromatic N) is 1. The number of rotatable bonds is 3. The number of benzene rings is 1. The molecule has 0 amide bonds. The Labute approximate surface area is 123 Å². The number of pyridine rings is 1. The van der Waals surface area contributed by atoms with Gasteiger partial charge in [0.1, 0.15) is 10.4 Å². The van der Waals surface area contributed by atoms with Gasteiger partial charge in [-0.05, 0) is 39.7 Å². The molecule has 0 saturated carbocycles. The summed E-state index contributed by atoms with van der Waals surface area (Å²) in [4.78, 5) is 15.8. The summed E-state index contributed by atoms with van der Waals surface area (Å²) in [6.07, 6.45) is 1.45. The number of Topliss-reactive ketones (excluding diaryl/α,β-unsaturated/α-hetero) is 1. The third-order valence-corrected chi connectivity index (χ3v) is 3.38. The van der Waals surface area contributed by atoms with Crippen LogP contribution in [-0.4, -0.2) is 10.8 Å². The van der Waals surface area contributed by atoms with Crippen molar-refractivity contribution >= 4 is 33.3 Å². The highest BCUT2D eigenvalue weighted by Crippen LogP contribution is 2.30. The molecule has 1 aromatic heterocycles. The minimum absolute atomic E-state index is 0.0789. The maximum absolute atomic E-state index is 13.9. The fourth-order valence-electron chi connectivity index (χ4n) is 1.79. The van der Waals surface area contributed by atoms with Gasteiger partial charge in [0.2, 0.25) is 0 Å². The highest BCUT2D eigenvalue weighted by Gasteiger charge is 2.15. The first kappa shape index (κ1) is 14.2. The van der Waals surface area contributed by atoms with Crippen molar-refractivity contribution in [1.29, 1.82) is 0 Å². The monoisotopic (exact) mass is 341 g/mol. The Bertz CT molecular complexity index is 645. The molecule has 2 nitrogen and oxygen atoms in total. The number of hydrogen-bond donors (Lipinski definition) is 0. The van der Waals surface area contributed by atoms with Crippen LogP contribution < -0.4 is 0 Å². The smallest absolute Gasteiger partial charge is 0.163 e. The Morgan fingerprint density at radius 1 is 1.37 bits per heavy atom. The minimum atomic E-state index is -0.476. The molecule has 0 fully saturated rings. The molecule has 0 aliphatic rings. The molecule has 0 bridgehead atoms. The molecular weight excluding hydrogens is 333 g/mol. The van der Waals surface area contributed by atoms with Crippen molar-refractivity contribution in [3.05, 3.63) is 51.5 Å². The van der Waals surface area contributed by atoms with Crippen LogP contribution in [0.15, 0.2) is 35.1 Å². The van der Waals surface area contributed by atoms with Crippen LogP contribution in [0.1, 0.15) is 23.7 Å². The molecule has 0 unspecified atom stereocenters. The van der Waals surface area contributed by atoms with Crippen LogP contribution in [0.5, 0.6) is 0 Å². The predicted molar refractivity (Wildman–Crippen MR) is 77.0 cm³/mol. The average molecular weight is 343 g/mol. The largest absolute Gasteiger partial charge is 0.294 e. The fraction of sp³-hybridized carbons (Fsp3) is 0.143. The van der Waals surface area contributed by atoms with E-state index in [4.69, 9.17) is 11.6 Å². The third-order valence-electron chi connectivity index (χ3n) is 2.72. The lowest BCUT2D eigenvalue weighted by Crippen LogP contribution is -2.01. The summed E-state index contributed by atoms with van der Waals surface area (Å²) < 4.78 is 14.4. The molecule has 1 heterocycles. The van der Waals surface area contributed by atoms with Crippen molar-refractivity contribution in [1.82, 2.24) is 4.98 Å². The molecule has 0 radical (unpaired) electrons. The number of ketones is 1. The van der Waals surface area contributed by atoms with E-state index in [-0.39, 0.29) is 5.78 Å². The summed E-state index contributed by atoms with van der Waals surface area (Å²) in [6.45, 7) is 1.76. The first-order valence-corrected chi connectivity index (χ1v) is 6.84. The quantitative estimate of drug-likeness (QED) is 0.587. The lowest BCUT2D eigenvalue weighted by molar-refractivity contribution is 0.0989. The number of halogens is 3. The molecule has 5 heteroatoms. The Morgan fingerprint density at radius 3 is 2.79 bits per heavy atom. The van der Waals surface area contributed by atoms with Gasteiger partial charge in [-0.15, -0.1) is 0 Å². The van der Waals surface area contributed by atoms with Crippen molar-refractivity contribution in [2.45, 2.75) is 13.3 Å². The predicted octanol–water partition coefficient (Wildman–Crippen LogP) is 4.90. The Morgan fingerprint density at radius 2 is 2.11 bits per heavy atom. The molecule has 0 spiro atoms. The van der Waals surface area contributed by atoms with Crippen molar-refractivity contribution in [3.8, 4) is 11.1 Å². The van der Waals surface area contributed by atoms with Crippen LogP contribution in [0, 0.1) is 5.82 Å². The summed E-state index contributed by atoms with van der Waals surface area (Å²) in [6, 6.07) is 6.40. The van der Waals surface area contributed by atoms with E-state index in [1.165, 1.54) is 0 Å². The maximum Gasteiger partial charge on any atom is 0.163 e. The summed E-state index contributed by atoms with van der Waals surface area (Å²) >= 11 is 9.11. The van der Waals surface area contributed by atoms with Crippen LogP contribution in [-0.2, 0) is 0 Å². The second-order valence-corrected chi connectivity index (χ2v) is 5.20. The highest BCUT2D eigenvalue weighted by atomic mass is 79.9. The van der Waals surface area contributed by atoms with Gasteiger partial charge in [0.05, 0.1) is 6.20 Å². The summed E-state index contributed by atoms with van der Waals surface area (Å²) in [5, 5.41) is 0.453. The van der Waals surface area contributed by atoms with Gasteiger partial charge in [-0.3, -0.25) is 4.79 Å². The molecule has 0 N–H and O–H groups in total. The molecule has 0 aliphatic heterocycles. The topological polar surface area (TPSA) is 30.0 Å². The molecule has 1 aromatic carbocycles. The molecule has 0 saturated heterocycles. The van der Waals surface area contributed by atoms with E-state index in [2.05, 4.69) is 20.9 Å². The average Bonchev–Trinajstić information content (AvgIpc) is 2.41. The second kappa shape index (κ2) is 5.80. The summed E-state index contributed by atoms with van der Waals surface area (Å²) in [7, 11) is 0. The van der Waals surface area contributed by atoms with Crippen molar-refractivity contribution < 1.29 is 9.18 Å². The molecule has 0 atom stereocenters. The fourth-order valence-corrected chi connectivity index (χ4v) is 2.30. The normalized spacial score (nSPS) is 10.5. The van der Waals surface area contributed by atoms with E-state index >= 15 is 0 Å². The molecule has 19 heavy (non-hydrogen) atoms. The number of hydrogen-bond acceptors (Lipinski definition) is 2. The van der Waals surface area contributed by atoms with Gasteiger partial charge in [0.25, 0.3) is 0 Å². The van der Waals surface area contributed by atoms with E-state index in [0.717, 1.165) is 6.20 Å². The van der Waals surface area contributed by atoms with E-state index in [1.54, 1.807) is 31.2 Å². The van der Waals surface area contributed by atoms with Crippen LogP contribution in [0.3, 0.4) is 0 Å². The van der Waals surface area contributed by atoms with Gasteiger partial charge in [0, 0.05) is 22.6 Å². The van der Waals surface area contributed by atoms with E-state index in [0.29, 0.717) is 32.7 Å². The number of carbonyl (C=O) groups excluding carboxylic acids is 1. The molecule has 2 rings (SSSR count). The lowest BCUT2D eigenvalue weighted by Gasteiger charge is -2.10. The first-order chi connectivity index (χ1) is 9.02. The lowest BCUT2D eigenvalue weighted by atomic mass is 9.96. The van der Waals surface area contributed by atoms with Gasteiger partial charge in [-0.25, -0.2) is 9.37 Å². The molecular formula is C14H10BrClFNO. The molecule has 98 valence electrons. The van der Waals surface area contributed by atoms with Gasteiger partial charge < -0.3 is 0 Å². The third kappa shape index (κ3) is 3.01. The van der Waals surface area contributed by atoms with Crippen molar-refractivity contribution in [2.24, 2.45) is 0 Å². The minimum Gasteiger partial charge on any atom is -0.294 e. The zero-order valence-corrected chi connectivity index (χ0v) is 12.4. The van der Waals surface area contributed by atoms with E-state index in [1.807, 2.05) is 0 Å². The SMILES string of the molecule is CCC(=O)c1cc(Cl)ccc1-c1cc(Br)ncc1F. The first-order valence-electron chi connectivity index (χ1n) is 5.67. The highest BCUT2D eigenvalue weighted by molar-refractivity contribution is 9.10. The van der Waals surface area contributed by atoms with Gasteiger partial charge in [-0.1, -0.05) is 24.6 Å². The second-order valence-electron chi connectivity index (χ2n) is 3.95. The zero-order chi connectivity index (χ0) is 14.0. The molecule has 2 aromatic rings. The Kier molecular flexibility index (Phi) is 4.32. The van der Waals surface area contributed by atoms with Crippen LogP contribution in [0.25, 0.3) is 11.1 Å². The van der Waals surface area contributed by atoms with Crippen LogP contribution >= 0.6 is 27.5 Å². The van der Waals surface area contributed by atoms with Crippen molar-refractivity contribution in [3.63, 3.8) is 0 Å². The van der Waals surface area contributed by atoms with Crippen molar-refractivity contribution in [2.75, 3.05) is 0 Å². The van der Waals surface area contributed by atoms with Crippen LogP contribution in [0.4, 0.5) is 4.39 Å². The summed E-state index contributed by atoms with van der Waals surface area (Å²) in [5.41, 5.74) is 1.28. The number of carbonyl (C=O) groups is 1. The van der Waals surface area contributed by atoms with Crippen LogP contribution in [0.2, 0.25) is 5.02 Å². The van der Waals surface area contributed by atoms with E-state index < -0.39 is 5.82 Å². The standard InChI is InChI=1S/C14H10BrClFNO/c1-2-13(19)11-5-8(16)3-4-9(11)10-6-14(15)18-7-12(10)17/h3-7H,2H2,1H3.